The number of hydrogen-bond donors (Lipinski definition) is 0. The van der Waals surface area contributed by atoms with E-state index < -0.39 is 10.4 Å². The van der Waals surface area contributed by atoms with E-state index >= 15 is 0 Å². The number of aromatic nitrogens is 2. The molecule has 0 aliphatic carbocycles. The molecule has 13 heteroatoms. The van der Waals surface area contributed by atoms with Gasteiger partial charge in [-0.05, 0) is 30.5 Å². The van der Waals surface area contributed by atoms with Crippen molar-refractivity contribution >= 4 is 28.1 Å². The fourth-order valence-electron chi connectivity index (χ4n) is 3.85. The second-order valence-electron chi connectivity index (χ2n) is 9.35. The lowest BCUT2D eigenvalue weighted by Crippen LogP contribution is -2.42. The summed E-state index contributed by atoms with van der Waals surface area (Å²) in [5.41, 5.74) is 1.37. The summed E-state index contributed by atoms with van der Waals surface area (Å²) in [4.78, 5) is 22.4. The highest BCUT2D eigenvalue weighted by molar-refractivity contribution is 7.81. The van der Waals surface area contributed by atoms with Crippen molar-refractivity contribution in [1.82, 2.24) is 14.9 Å². The minimum atomic E-state index is -3.92. The molecule has 0 radical (unpaired) electrons. The topological polar surface area (TPSA) is 126 Å². The lowest BCUT2D eigenvalue weighted by atomic mass is 10.0. The van der Waals surface area contributed by atoms with Gasteiger partial charge >= 0.3 is 16.5 Å². The Morgan fingerprint density at radius 1 is 1.16 bits per heavy atom. The van der Waals surface area contributed by atoms with Crippen LogP contribution < -0.4 is 9.47 Å². The zero-order valence-corrected chi connectivity index (χ0v) is 22.5. The summed E-state index contributed by atoms with van der Waals surface area (Å²) in [6.07, 6.45) is 2.26. The standard InChI is InChI=1S/C24H30ClN3O8S/c1-15(2)11-32-24(29)28-8-6-19(7-9-28)35-22-16(3)23(27-14-26-22)36-21-5-4-17(10-20(21)25)18-12-33-37(30,31)34-13-18/h4-5,10,14-15,18-19H,6-9,11-13H2,1-3H3. The maximum atomic E-state index is 12.2. The molecule has 2 fully saturated rings. The Hall–Kier alpha value is -2.67. The minimum absolute atomic E-state index is 0.0252. The highest BCUT2D eigenvalue weighted by Crippen LogP contribution is 2.35. The zero-order valence-electron chi connectivity index (χ0n) is 20.9. The SMILES string of the molecule is Cc1c(Oc2ccc(C3COS(=O)(=O)OC3)cc2Cl)ncnc1OC1CCN(C(=O)OCC(C)C)CC1. The van der Waals surface area contributed by atoms with Gasteiger partial charge in [-0.25, -0.2) is 23.1 Å². The molecule has 1 amide bonds. The summed E-state index contributed by atoms with van der Waals surface area (Å²) in [6.45, 7) is 7.22. The van der Waals surface area contributed by atoms with Gasteiger partial charge < -0.3 is 19.1 Å². The average molecular weight is 556 g/mol. The first kappa shape index (κ1) is 27.4. The number of nitrogens with zero attached hydrogens (tertiary/aromatic N) is 3. The summed E-state index contributed by atoms with van der Waals surface area (Å²) in [7, 11) is -3.92. The summed E-state index contributed by atoms with van der Waals surface area (Å²) >= 11 is 6.44. The minimum Gasteiger partial charge on any atom is -0.474 e. The van der Waals surface area contributed by atoms with Crippen LogP contribution in [0.1, 0.15) is 43.7 Å². The van der Waals surface area contributed by atoms with E-state index in [9.17, 15) is 13.2 Å². The van der Waals surface area contributed by atoms with E-state index in [1.807, 2.05) is 13.8 Å². The molecular formula is C24H30ClN3O8S. The Kier molecular flexibility index (Phi) is 8.73. The van der Waals surface area contributed by atoms with Crippen molar-refractivity contribution in [3.63, 3.8) is 0 Å². The maximum Gasteiger partial charge on any atom is 0.409 e. The van der Waals surface area contributed by atoms with Gasteiger partial charge in [0, 0.05) is 31.8 Å². The Bertz CT molecular complexity index is 1200. The van der Waals surface area contributed by atoms with Gasteiger partial charge in [0.25, 0.3) is 0 Å². The molecule has 0 N–H and O–H groups in total. The molecule has 1 aromatic carbocycles. The normalized spacial score (nSPS) is 18.6. The van der Waals surface area contributed by atoms with Crippen molar-refractivity contribution in [3.8, 4) is 17.5 Å². The van der Waals surface area contributed by atoms with Crippen molar-refractivity contribution in [2.45, 2.75) is 45.6 Å². The second kappa shape index (κ2) is 11.8. The average Bonchev–Trinajstić information content (AvgIpc) is 2.86. The number of carbonyl (C=O) groups excluding carboxylic acids is 1. The van der Waals surface area contributed by atoms with Gasteiger partial charge in [-0.3, -0.25) is 0 Å². The second-order valence-corrected chi connectivity index (χ2v) is 11.0. The molecule has 0 spiro atoms. The Morgan fingerprint density at radius 2 is 1.84 bits per heavy atom. The largest absolute Gasteiger partial charge is 0.474 e. The number of hydrogen-bond acceptors (Lipinski definition) is 10. The van der Waals surface area contributed by atoms with E-state index in [-0.39, 0.29) is 37.2 Å². The number of amides is 1. The first-order chi connectivity index (χ1) is 17.6. The maximum absolute atomic E-state index is 12.2. The third-order valence-electron chi connectivity index (χ3n) is 5.97. The number of benzene rings is 1. The van der Waals surface area contributed by atoms with Crippen LogP contribution in [0.5, 0.6) is 17.5 Å². The van der Waals surface area contributed by atoms with Crippen LogP contribution in [-0.4, -0.2) is 68.4 Å². The molecule has 0 bridgehead atoms. The molecule has 11 nitrogen and oxygen atoms in total. The zero-order chi connectivity index (χ0) is 26.6. The van der Waals surface area contributed by atoms with E-state index in [2.05, 4.69) is 9.97 Å². The number of carbonyl (C=O) groups is 1. The third-order valence-corrected chi connectivity index (χ3v) is 7.12. The van der Waals surface area contributed by atoms with Crippen LogP contribution in [0.15, 0.2) is 24.5 Å². The number of ether oxygens (including phenoxy) is 3. The molecule has 0 atom stereocenters. The van der Waals surface area contributed by atoms with E-state index in [1.165, 1.54) is 6.33 Å². The molecule has 3 heterocycles. The fraction of sp³-hybridized carbons (Fsp3) is 0.542. The van der Waals surface area contributed by atoms with Gasteiger partial charge in [0.05, 0.1) is 30.4 Å². The monoisotopic (exact) mass is 555 g/mol. The van der Waals surface area contributed by atoms with Gasteiger partial charge in [-0.1, -0.05) is 31.5 Å². The van der Waals surface area contributed by atoms with Gasteiger partial charge in [0.15, 0.2) is 0 Å². The molecule has 2 aromatic rings. The van der Waals surface area contributed by atoms with E-state index in [0.717, 1.165) is 5.56 Å². The van der Waals surface area contributed by atoms with Crippen molar-refractivity contribution < 1.29 is 35.8 Å². The molecule has 37 heavy (non-hydrogen) atoms. The van der Waals surface area contributed by atoms with Crippen molar-refractivity contribution in [2.24, 2.45) is 5.92 Å². The lowest BCUT2D eigenvalue weighted by molar-refractivity contribution is 0.0603. The van der Waals surface area contributed by atoms with Crippen LogP contribution in [0, 0.1) is 12.8 Å². The van der Waals surface area contributed by atoms with Gasteiger partial charge in [-0.2, -0.15) is 8.42 Å². The van der Waals surface area contributed by atoms with Gasteiger partial charge in [0.1, 0.15) is 18.2 Å². The summed E-state index contributed by atoms with van der Waals surface area (Å²) in [6, 6.07) is 5.13. The molecule has 2 saturated heterocycles. The van der Waals surface area contributed by atoms with Gasteiger partial charge in [0.2, 0.25) is 11.8 Å². The third kappa shape index (κ3) is 7.22. The van der Waals surface area contributed by atoms with Crippen LogP contribution in [0.3, 0.4) is 0 Å². The Labute approximate surface area is 221 Å². The smallest absolute Gasteiger partial charge is 0.409 e. The molecular weight excluding hydrogens is 526 g/mol. The quantitative estimate of drug-likeness (QED) is 0.489. The van der Waals surface area contributed by atoms with Crippen LogP contribution >= 0.6 is 11.6 Å². The van der Waals surface area contributed by atoms with Gasteiger partial charge in [-0.15, -0.1) is 0 Å². The molecule has 0 unspecified atom stereocenters. The highest BCUT2D eigenvalue weighted by Gasteiger charge is 2.28. The molecule has 4 rings (SSSR count). The van der Waals surface area contributed by atoms with E-state index in [1.54, 1.807) is 30.0 Å². The lowest BCUT2D eigenvalue weighted by Gasteiger charge is -2.31. The molecule has 0 saturated carbocycles. The van der Waals surface area contributed by atoms with Crippen LogP contribution in [0.25, 0.3) is 0 Å². The molecule has 2 aliphatic rings. The van der Waals surface area contributed by atoms with Crippen LogP contribution in [0.4, 0.5) is 4.79 Å². The van der Waals surface area contributed by atoms with Crippen LogP contribution in [-0.2, 0) is 23.5 Å². The molecule has 2 aliphatic heterocycles. The predicted octanol–water partition coefficient (Wildman–Crippen LogP) is 4.24. The summed E-state index contributed by atoms with van der Waals surface area (Å²) in [5, 5.41) is 0.322. The number of likely N-dealkylation sites (tertiary alicyclic amines) is 1. The van der Waals surface area contributed by atoms with Crippen molar-refractivity contribution in [3.05, 3.63) is 40.7 Å². The Morgan fingerprint density at radius 3 is 2.49 bits per heavy atom. The highest BCUT2D eigenvalue weighted by atomic mass is 35.5. The van der Waals surface area contributed by atoms with Crippen LogP contribution in [0.2, 0.25) is 5.02 Å². The molecule has 1 aromatic heterocycles. The summed E-state index contributed by atoms with van der Waals surface area (Å²) in [5.74, 6) is 1.08. The van der Waals surface area contributed by atoms with Crippen molar-refractivity contribution in [2.75, 3.05) is 32.9 Å². The van der Waals surface area contributed by atoms with E-state index in [4.69, 9.17) is 34.2 Å². The fourth-order valence-corrected chi connectivity index (χ4v) is 4.80. The number of halogens is 1. The first-order valence-corrected chi connectivity index (χ1v) is 13.7. The number of rotatable bonds is 7. The van der Waals surface area contributed by atoms with Crippen molar-refractivity contribution in [1.29, 1.82) is 0 Å². The first-order valence-electron chi connectivity index (χ1n) is 12.0. The number of piperidine rings is 1. The summed E-state index contributed by atoms with van der Waals surface area (Å²) < 4.78 is 49.4. The Balaban J connectivity index is 1.35. The predicted molar refractivity (Wildman–Crippen MR) is 133 cm³/mol. The molecule has 202 valence electrons. The van der Waals surface area contributed by atoms with E-state index in [0.29, 0.717) is 60.6 Å².